The molecule has 3 unspecified atom stereocenters. The molecular weight excluding hydrogens is 236 g/mol. The number of nitrogens with one attached hydrogen (secondary N) is 1. The summed E-state index contributed by atoms with van der Waals surface area (Å²) in [6.45, 7) is 5.11. The summed E-state index contributed by atoms with van der Waals surface area (Å²) in [6.07, 6.45) is 10.6. The van der Waals surface area contributed by atoms with Gasteiger partial charge in [0.1, 0.15) is 0 Å². The average molecular weight is 266 g/mol. The Labute approximate surface area is 117 Å². The van der Waals surface area contributed by atoms with Crippen LogP contribution in [0.25, 0.3) is 0 Å². The maximum absolute atomic E-state index is 9.59. The zero-order valence-corrected chi connectivity index (χ0v) is 12.4. The van der Waals surface area contributed by atoms with Crippen molar-refractivity contribution >= 4 is 0 Å². The van der Waals surface area contributed by atoms with Crippen molar-refractivity contribution in [1.82, 2.24) is 10.2 Å². The van der Waals surface area contributed by atoms with Gasteiger partial charge >= 0.3 is 0 Å². The zero-order valence-electron chi connectivity index (χ0n) is 12.4. The van der Waals surface area contributed by atoms with Crippen LogP contribution in [0.3, 0.4) is 0 Å². The van der Waals surface area contributed by atoms with Gasteiger partial charge in [-0.1, -0.05) is 6.42 Å². The third-order valence-electron chi connectivity index (χ3n) is 5.43. The molecule has 0 aromatic rings. The Hall–Kier alpha value is -0.120. The van der Waals surface area contributed by atoms with Gasteiger partial charge in [-0.2, -0.15) is 0 Å². The summed E-state index contributed by atoms with van der Waals surface area (Å²) >= 11 is 0. The van der Waals surface area contributed by atoms with E-state index < -0.39 is 0 Å². The third-order valence-corrected chi connectivity index (χ3v) is 5.43. The van der Waals surface area contributed by atoms with Gasteiger partial charge in [0.2, 0.25) is 0 Å². The summed E-state index contributed by atoms with van der Waals surface area (Å²) < 4.78 is 0. The highest BCUT2D eigenvalue weighted by molar-refractivity contribution is 4.93. The molecule has 2 saturated carbocycles. The summed E-state index contributed by atoms with van der Waals surface area (Å²) in [6, 6.07) is 1.60. The molecule has 1 saturated heterocycles. The highest BCUT2D eigenvalue weighted by atomic mass is 16.3. The molecule has 3 aliphatic rings. The van der Waals surface area contributed by atoms with Gasteiger partial charge in [0.05, 0.1) is 6.61 Å². The Morgan fingerprint density at radius 3 is 2.63 bits per heavy atom. The molecule has 19 heavy (non-hydrogen) atoms. The van der Waals surface area contributed by atoms with Crippen LogP contribution in [0.4, 0.5) is 0 Å². The minimum Gasteiger partial charge on any atom is -0.394 e. The Kier molecular flexibility index (Phi) is 4.16. The molecule has 3 heteroatoms. The molecule has 0 aromatic heterocycles. The lowest BCUT2D eigenvalue weighted by Crippen LogP contribution is -2.47. The number of hydrogen-bond acceptors (Lipinski definition) is 3. The van der Waals surface area contributed by atoms with Crippen molar-refractivity contribution < 1.29 is 5.11 Å². The maximum Gasteiger partial charge on any atom is 0.0610 e. The lowest BCUT2D eigenvalue weighted by molar-refractivity contribution is 0.156. The lowest BCUT2D eigenvalue weighted by atomic mass is 9.95. The molecule has 3 atom stereocenters. The van der Waals surface area contributed by atoms with E-state index in [1.54, 1.807) is 0 Å². The summed E-state index contributed by atoms with van der Waals surface area (Å²) in [4.78, 5) is 2.72. The van der Waals surface area contributed by atoms with Crippen molar-refractivity contribution in [3.63, 3.8) is 0 Å². The fraction of sp³-hybridized carbons (Fsp3) is 1.00. The van der Waals surface area contributed by atoms with Crippen molar-refractivity contribution in [2.75, 3.05) is 19.7 Å². The SMILES string of the molecule is CC(CO)(CCCCN1CC2CCC1C2)NC1CC1. The summed E-state index contributed by atoms with van der Waals surface area (Å²) in [5, 5.41) is 13.2. The van der Waals surface area contributed by atoms with Crippen LogP contribution in [-0.2, 0) is 0 Å². The van der Waals surface area contributed by atoms with Crippen molar-refractivity contribution in [3.05, 3.63) is 0 Å². The van der Waals surface area contributed by atoms with Gasteiger partial charge in [-0.25, -0.2) is 0 Å². The Bertz CT molecular complexity index is 305. The number of aliphatic hydroxyl groups is 1. The van der Waals surface area contributed by atoms with Gasteiger partial charge in [0.25, 0.3) is 0 Å². The fourth-order valence-corrected chi connectivity index (χ4v) is 4.05. The minimum absolute atomic E-state index is 0.0365. The summed E-state index contributed by atoms with van der Waals surface area (Å²) in [5.74, 6) is 1.02. The number of nitrogens with zero attached hydrogens (tertiary/aromatic N) is 1. The largest absolute Gasteiger partial charge is 0.394 e. The number of fused-ring (bicyclic) bond motifs is 2. The standard InChI is InChI=1S/C16H30N2O/c1-16(12-19,17-14-5-6-14)8-2-3-9-18-11-13-4-7-15(18)10-13/h13-15,17,19H,2-12H2,1H3. The molecule has 0 radical (unpaired) electrons. The third kappa shape index (κ3) is 3.50. The first-order valence-electron chi connectivity index (χ1n) is 8.31. The number of aliphatic hydroxyl groups excluding tert-OH is 1. The molecule has 3 nitrogen and oxygen atoms in total. The molecule has 3 rings (SSSR count). The molecule has 2 N–H and O–H groups in total. The number of piperidine rings is 1. The van der Waals surface area contributed by atoms with Gasteiger partial charge in [-0.3, -0.25) is 0 Å². The molecule has 2 bridgehead atoms. The highest BCUT2D eigenvalue weighted by Crippen LogP contribution is 2.37. The van der Waals surface area contributed by atoms with Crippen LogP contribution in [0.15, 0.2) is 0 Å². The average Bonchev–Trinajstić information content (AvgIpc) is 2.97. The fourth-order valence-electron chi connectivity index (χ4n) is 4.05. The molecule has 0 aromatic carbocycles. The molecule has 0 spiro atoms. The Morgan fingerprint density at radius 1 is 1.21 bits per heavy atom. The van der Waals surface area contributed by atoms with Crippen molar-refractivity contribution in [2.45, 2.75) is 75.9 Å². The van der Waals surface area contributed by atoms with Gasteiger partial charge < -0.3 is 15.3 Å². The Balaban J connectivity index is 1.33. The van der Waals surface area contributed by atoms with Crippen LogP contribution in [0.2, 0.25) is 0 Å². The first kappa shape index (κ1) is 13.8. The van der Waals surface area contributed by atoms with Crippen LogP contribution in [0.5, 0.6) is 0 Å². The van der Waals surface area contributed by atoms with E-state index in [1.807, 2.05) is 0 Å². The predicted molar refractivity (Wildman–Crippen MR) is 78.2 cm³/mol. The molecule has 110 valence electrons. The highest BCUT2D eigenvalue weighted by Gasteiger charge is 2.37. The maximum atomic E-state index is 9.59. The van der Waals surface area contributed by atoms with Crippen LogP contribution >= 0.6 is 0 Å². The van der Waals surface area contributed by atoms with E-state index in [-0.39, 0.29) is 12.1 Å². The first-order valence-corrected chi connectivity index (χ1v) is 8.31. The smallest absolute Gasteiger partial charge is 0.0610 e. The van der Waals surface area contributed by atoms with E-state index in [0.29, 0.717) is 6.04 Å². The van der Waals surface area contributed by atoms with Crippen LogP contribution in [0.1, 0.15) is 58.3 Å². The first-order chi connectivity index (χ1) is 9.18. The molecule has 2 aliphatic carbocycles. The van der Waals surface area contributed by atoms with E-state index in [2.05, 4.69) is 17.1 Å². The van der Waals surface area contributed by atoms with E-state index in [0.717, 1.165) is 18.4 Å². The van der Waals surface area contributed by atoms with Crippen LogP contribution in [-0.4, -0.2) is 47.3 Å². The van der Waals surface area contributed by atoms with Gasteiger partial charge in [0.15, 0.2) is 0 Å². The molecule has 1 aliphatic heterocycles. The number of unbranched alkanes of at least 4 members (excludes halogenated alkanes) is 1. The van der Waals surface area contributed by atoms with Crippen molar-refractivity contribution in [1.29, 1.82) is 0 Å². The number of likely N-dealkylation sites (tertiary alicyclic amines) is 1. The van der Waals surface area contributed by atoms with E-state index >= 15 is 0 Å². The second-order valence-electron chi connectivity index (χ2n) is 7.42. The Morgan fingerprint density at radius 2 is 2.05 bits per heavy atom. The molecular formula is C16H30N2O. The van der Waals surface area contributed by atoms with Crippen LogP contribution < -0.4 is 5.32 Å². The monoisotopic (exact) mass is 266 g/mol. The van der Waals surface area contributed by atoms with E-state index in [4.69, 9.17) is 0 Å². The van der Waals surface area contributed by atoms with Gasteiger partial charge in [0, 0.05) is 24.2 Å². The van der Waals surface area contributed by atoms with Gasteiger partial charge in [-0.15, -0.1) is 0 Å². The van der Waals surface area contributed by atoms with Crippen molar-refractivity contribution in [2.24, 2.45) is 5.92 Å². The number of rotatable bonds is 8. The van der Waals surface area contributed by atoms with E-state index in [1.165, 1.54) is 58.0 Å². The lowest BCUT2D eigenvalue weighted by Gasteiger charge is -2.30. The normalized spacial score (nSPS) is 33.8. The second kappa shape index (κ2) is 5.71. The molecule has 3 fully saturated rings. The minimum atomic E-state index is -0.0365. The molecule has 0 amide bonds. The predicted octanol–water partition coefficient (Wildman–Crippen LogP) is 2.14. The summed E-state index contributed by atoms with van der Waals surface area (Å²) in [5.41, 5.74) is -0.0365. The van der Waals surface area contributed by atoms with Gasteiger partial charge in [-0.05, 0) is 64.3 Å². The van der Waals surface area contributed by atoms with Crippen LogP contribution in [0, 0.1) is 5.92 Å². The number of hydrogen-bond donors (Lipinski definition) is 2. The second-order valence-corrected chi connectivity index (χ2v) is 7.42. The quantitative estimate of drug-likeness (QED) is 0.661. The topological polar surface area (TPSA) is 35.5 Å². The van der Waals surface area contributed by atoms with Crippen molar-refractivity contribution in [3.8, 4) is 0 Å². The molecule has 1 heterocycles. The zero-order chi connectivity index (χ0) is 13.3. The van der Waals surface area contributed by atoms with E-state index in [9.17, 15) is 5.11 Å². The summed E-state index contributed by atoms with van der Waals surface area (Å²) in [7, 11) is 0.